The number of hydrogen-bond acceptors (Lipinski definition) is 4. The number of benzene rings is 1. The van der Waals surface area contributed by atoms with Crippen LogP contribution in [0.4, 0.5) is 0 Å². The molecule has 6 heteroatoms. The van der Waals surface area contributed by atoms with Crippen molar-refractivity contribution in [2.24, 2.45) is 0 Å². The average molecular weight is 270 g/mol. The SMILES string of the molecule is CN(CN(O)C(=O)c1ccccc1)CP(C)(C)=O. The second-order valence-electron chi connectivity index (χ2n) is 4.78. The highest BCUT2D eigenvalue weighted by molar-refractivity contribution is 7.62. The fourth-order valence-corrected chi connectivity index (χ4v) is 2.90. The highest BCUT2D eigenvalue weighted by Crippen LogP contribution is 2.35. The molecule has 0 radical (unpaired) electrons. The van der Waals surface area contributed by atoms with E-state index in [0.29, 0.717) is 16.9 Å². The molecule has 0 fully saturated rings. The van der Waals surface area contributed by atoms with E-state index < -0.39 is 13.0 Å². The zero-order valence-corrected chi connectivity index (χ0v) is 11.8. The fraction of sp³-hybridized carbons (Fsp3) is 0.417. The molecule has 1 aromatic carbocycles. The minimum absolute atomic E-state index is 0.0272. The zero-order valence-electron chi connectivity index (χ0n) is 10.9. The van der Waals surface area contributed by atoms with Crippen LogP contribution in [0.3, 0.4) is 0 Å². The average Bonchev–Trinajstić information content (AvgIpc) is 2.26. The highest BCUT2D eigenvalue weighted by atomic mass is 31.2. The molecular formula is C12H19N2O3P. The zero-order chi connectivity index (χ0) is 13.8. The van der Waals surface area contributed by atoms with Crippen LogP contribution in [0.5, 0.6) is 0 Å². The standard InChI is InChI=1S/C12H19N2O3P/c1-13(10-18(2,3)17)9-14(16)12(15)11-7-5-4-6-8-11/h4-8,16H,9-10H2,1-3H3. The van der Waals surface area contributed by atoms with Gasteiger partial charge in [-0.25, -0.2) is 5.06 Å². The Morgan fingerprint density at radius 2 is 1.83 bits per heavy atom. The van der Waals surface area contributed by atoms with Gasteiger partial charge >= 0.3 is 0 Å². The quantitative estimate of drug-likeness (QED) is 0.385. The van der Waals surface area contributed by atoms with Gasteiger partial charge in [-0.05, 0) is 32.5 Å². The van der Waals surface area contributed by atoms with Gasteiger partial charge in [-0.1, -0.05) is 18.2 Å². The number of hydrogen-bond donors (Lipinski definition) is 1. The van der Waals surface area contributed by atoms with Crippen LogP contribution in [-0.2, 0) is 4.57 Å². The molecule has 0 bridgehead atoms. The van der Waals surface area contributed by atoms with Gasteiger partial charge in [-0.3, -0.25) is 14.9 Å². The molecule has 5 nitrogen and oxygen atoms in total. The summed E-state index contributed by atoms with van der Waals surface area (Å²) in [5.41, 5.74) is 0.421. The maximum absolute atomic E-state index is 11.8. The van der Waals surface area contributed by atoms with Crippen LogP contribution < -0.4 is 0 Å². The smallest absolute Gasteiger partial charge is 0.278 e. The molecule has 1 amide bonds. The van der Waals surface area contributed by atoms with E-state index in [0.717, 1.165) is 0 Å². The second kappa shape index (κ2) is 6.14. The number of carbonyl (C=O) groups excluding carboxylic acids is 1. The van der Waals surface area contributed by atoms with Gasteiger partial charge < -0.3 is 4.57 Å². The molecule has 1 aromatic rings. The summed E-state index contributed by atoms with van der Waals surface area (Å²) in [6, 6.07) is 8.54. The summed E-state index contributed by atoms with van der Waals surface area (Å²) in [6.45, 7) is 3.37. The molecule has 0 saturated carbocycles. The Morgan fingerprint density at radius 1 is 1.28 bits per heavy atom. The van der Waals surface area contributed by atoms with Crippen molar-refractivity contribution in [2.45, 2.75) is 0 Å². The van der Waals surface area contributed by atoms with Crippen molar-refractivity contribution in [1.29, 1.82) is 0 Å². The molecule has 0 aliphatic carbocycles. The lowest BCUT2D eigenvalue weighted by atomic mass is 10.2. The predicted octanol–water partition coefficient (Wildman–Crippen LogP) is 1.99. The van der Waals surface area contributed by atoms with Gasteiger partial charge in [0.05, 0.1) is 13.4 Å². The molecule has 0 aliphatic heterocycles. The molecule has 1 rings (SSSR count). The molecule has 0 unspecified atom stereocenters. The van der Waals surface area contributed by atoms with Gasteiger partial charge in [0.1, 0.15) is 6.67 Å². The summed E-state index contributed by atoms with van der Waals surface area (Å²) in [7, 11) is -0.494. The van der Waals surface area contributed by atoms with E-state index in [-0.39, 0.29) is 6.67 Å². The number of amides is 1. The van der Waals surface area contributed by atoms with Crippen LogP contribution in [0.15, 0.2) is 30.3 Å². The first kappa shape index (κ1) is 14.9. The van der Waals surface area contributed by atoms with Crippen LogP contribution in [0.2, 0.25) is 0 Å². The van der Waals surface area contributed by atoms with Crippen LogP contribution in [0.25, 0.3) is 0 Å². The van der Waals surface area contributed by atoms with Crippen LogP contribution in [-0.4, -0.2) is 54.4 Å². The van der Waals surface area contributed by atoms with Crippen molar-refractivity contribution in [1.82, 2.24) is 9.96 Å². The van der Waals surface area contributed by atoms with Crippen molar-refractivity contribution < 1.29 is 14.6 Å². The van der Waals surface area contributed by atoms with Gasteiger partial charge in [0.2, 0.25) is 0 Å². The third-order valence-corrected chi connectivity index (χ3v) is 3.38. The van der Waals surface area contributed by atoms with E-state index in [4.69, 9.17) is 0 Å². The lowest BCUT2D eigenvalue weighted by molar-refractivity contribution is -0.0826. The molecular weight excluding hydrogens is 251 g/mol. The van der Waals surface area contributed by atoms with Crippen molar-refractivity contribution in [3.05, 3.63) is 35.9 Å². The molecule has 0 atom stereocenters. The Hall–Kier alpha value is -1.16. The van der Waals surface area contributed by atoms with Gasteiger partial charge in [0.25, 0.3) is 5.91 Å². The summed E-state index contributed by atoms with van der Waals surface area (Å²) in [6.07, 6.45) is 0.353. The van der Waals surface area contributed by atoms with Gasteiger partial charge in [-0.2, -0.15) is 0 Å². The van der Waals surface area contributed by atoms with E-state index in [1.807, 2.05) is 0 Å². The van der Waals surface area contributed by atoms with E-state index in [9.17, 15) is 14.6 Å². The number of rotatable bonds is 5. The maximum Gasteiger partial charge on any atom is 0.278 e. The van der Waals surface area contributed by atoms with Crippen LogP contribution >= 0.6 is 7.14 Å². The monoisotopic (exact) mass is 270 g/mol. The first-order valence-corrected chi connectivity index (χ1v) is 8.36. The molecule has 0 aliphatic rings. The number of nitrogens with zero attached hydrogens (tertiary/aromatic N) is 2. The molecule has 100 valence electrons. The van der Waals surface area contributed by atoms with E-state index in [1.54, 1.807) is 55.6 Å². The van der Waals surface area contributed by atoms with Crippen LogP contribution in [0, 0.1) is 0 Å². The predicted molar refractivity (Wildman–Crippen MR) is 71.3 cm³/mol. The van der Waals surface area contributed by atoms with Gasteiger partial charge in [-0.15, -0.1) is 0 Å². The van der Waals surface area contributed by atoms with Crippen molar-refractivity contribution >= 4 is 13.0 Å². The third-order valence-electron chi connectivity index (χ3n) is 2.21. The minimum atomic E-state index is -2.20. The number of carbonyl (C=O) groups is 1. The van der Waals surface area contributed by atoms with E-state index >= 15 is 0 Å². The summed E-state index contributed by atoms with van der Waals surface area (Å²) in [5.74, 6) is -0.468. The third kappa shape index (κ3) is 5.00. The molecule has 18 heavy (non-hydrogen) atoms. The molecule has 0 heterocycles. The minimum Gasteiger partial charge on any atom is -0.323 e. The summed E-state index contributed by atoms with van der Waals surface area (Å²) < 4.78 is 11.6. The van der Waals surface area contributed by atoms with Crippen LogP contribution in [0.1, 0.15) is 10.4 Å². The van der Waals surface area contributed by atoms with Gasteiger partial charge in [0, 0.05) is 5.56 Å². The van der Waals surface area contributed by atoms with E-state index in [2.05, 4.69) is 0 Å². The maximum atomic E-state index is 11.8. The Balaban J connectivity index is 2.58. The lowest BCUT2D eigenvalue weighted by Crippen LogP contribution is -2.37. The topological polar surface area (TPSA) is 60.9 Å². The van der Waals surface area contributed by atoms with Crippen molar-refractivity contribution in [2.75, 3.05) is 33.3 Å². The second-order valence-corrected chi connectivity index (χ2v) is 8.21. The molecule has 0 spiro atoms. The number of hydroxylamine groups is 2. The van der Waals surface area contributed by atoms with E-state index in [1.165, 1.54) is 0 Å². The molecule has 0 aromatic heterocycles. The summed E-state index contributed by atoms with van der Waals surface area (Å²) in [5, 5.41) is 10.3. The Labute approximate surface area is 107 Å². The molecule has 1 N–H and O–H groups in total. The Bertz CT molecular complexity index is 444. The summed E-state index contributed by atoms with van der Waals surface area (Å²) >= 11 is 0. The first-order valence-electron chi connectivity index (χ1n) is 5.58. The van der Waals surface area contributed by atoms with Gasteiger partial charge in [0.15, 0.2) is 0 Å². The Kier molecular flexibility index (Phi) is 5.08. The van der Waals surface area contributed by atoms with Crippen molar-refractivity contribution in [3.8, 4) is 0 Å². The Morgan fingerprint density at radius 3 is 2.33 bits per heavy atom. The van der Waals surface area contributed by atoms with Crippen molar-refractivity contribution in [3.63, 3.8) is 0 Å². The lowest BCUT2D eigenvalue weighted by Gasteiger charge is -2.24. The first-order chi connectivity index (χ1) is 8.29. The normalized spacial score (nSPS) is 11.6. The molecule has 0 saturated heterocycles. The highest BCUT2D eigenvalue weighted by Gasteiger charge is 2.17. The largest absolute Gasteiger partial charge is 0.323 e. The fourth-order valence-electron chi connectivity index (χ4n) is 1.65. The summed E-state index contributed by atoms with van der Waals surface area (Å²) in [4.78, 5) is 13.5.